The summed E-state index contributed by atoms with van der Waals surface area (Å²) < 4.78 is 0. The molecule has 3 aromatic carbocycles. The van der Waals surface area contributed by atoms with Crippen LogP contribution < -0.4 is 0 Å². The van der Waals surface area contributed by atoms with Gasteiger partial charge in [-0.05, 0) is 84.6 Å². The van der Waals surface area contributed by atoms with Gasteiger partial charge in [0.25, 0.3) is 0 Å². The van der Waals surface area contributed by atoms with E-state index >= 15 is 0 Å². The molecule has 36 heavy (non-hydrogen) atoms. The monoisotopic (exact) mass is 473 g/mol. The lowest BCUT2D eigenvalue weighted by atomic mass is 9.51. The second-order valence-electron chi connectivity index (χ2n) is 13.9. The molecule has 0 fully saturated rings. The fourth-order valence-electron chi connectivity index (χ4n) is 6.89. The molecule has 185 valence electrons. The van der Waals surface area contributed by atoms with Gasteiger partial charge in [0, 0.05) is 5.41 Å². The summed E-state index contributed by atoms with van der Waals surface area (Å²) in [6, 6.07) is 20.1. The van der Waals surface area contributed by atoms with Gasteiger partial charge in [0.05, 0.1) is 0 Å². The van der Waals surface area contributed by atoms with Crippen molar-refractivity contribution in [3.05, 3.63) is 106 Å². The lowest BCUT2D eigenvalue weighted by molar-refractivity contribution is 0.0675. The van der Waals surface area contributed by atoms with E-state index in [9.17, 15) is 0 Å². The molecule has 3 aromatic rings. The summed E-state index contributed by atoms with van der Waals surface area (Å²) in [6.07, 6.45) is 9.09. The van der Waals surface area contributed by atoms with Crippen LogP contribution in [0.4, 0.5) is 0 Å². The van der Waals surface area contributed by atoms with Crippen molar-refractivity contribution in [3.8, 4) is 0 Å². The van der Waals surface area contributed by atoms with Crippen molar-refractivity contribution >= 4 is 21.9 Å². The van der Waals surface area contributed by atoms with Crippen LogP contribution in [-0.2, 0) is 5.41 Å². The van der Waals surface area contributed by atoms with Crippen molar-refractivity contribution in [2.45, 2.75) is 74.7 Å². The average molecular weight is 474 g/mol. The first-order valence-corrected chi connectivity index (χ1v) is 13.4. The zero-order valence-electron chi connectivity index (χ0n) is 23.9. The number of fused-ring (bicyclic) bond motifs is 4. The lowest BCUT2D eigenvalue weighted by Gasteiger charge is -2.53. The van der Waals surface area contributed by atoms with Crippen molar-refractivity contribution < 1.29 is 0 Å². The third kappa shape index (κ3) is 3.56. The molecule has 1 radical (unpaired) electrons. The van der Waals surface area contributed by atoms with Crippen LogP contribution in [0, 0.1) is 29.2 Å². The van der Waals surface area contributed by atoms with Crippen LogP contribution in [-0.4, -0.2) is 0 Å². The molecule has 2 aliphatic carbocycles. The highest BCUT2D eigenvalue weighted by atomic mass is 14.5. The molecule has 0 heterocycles. The van der Waals surface area contributed by atoms with Crippen LogP contribution in [0.5, 0.6) is 0 Å². The number of benzene rings is 3. The first kappa shape index (κ1) is 24.8. The van der Waals surface area contributed by atoms with Crippen molar-refractivity contribution in [2.24, 2.45) is 16.2 Å². The second kappa shape index (κ2) is 7.82. The molecule has 0 unspecified atom stereocenters. The maximum atomic E-state index is 3.89. The van der Waals surface area contributed by atoms with E-state index in [2.05, 4.69) is 142 Å². The summed E-state index contributed by atoms with van der Waals surface area (Å²) in [4.78, 5) is 0. The SMILES string of the molecule is Cc1c(C(C)(C)C)ccc2c1C1=CC(C(C)(C)C)(C(C)(C)C)C=C(c3cccc4ccccc34)C1=[C]2. The second-order valence-corrected chi connectivity index (χ2v) is 13.9. The Kier molecular flexibility index (Phi) is 5.39. The van der Waals surface area contributed by atoms with E-state index < -0.39 is 0 Å². The highest BCUT2D eigenvalue weighted by Crippen LogP contribution is 2.61. The molecule has 0 atom stereocenters. The zero-order valence-corrected chi connectivity index (χ0v) is 23.9. The Labute approximate surface area is 218 Å². The van der Waals surface area contributed by atoms with Crippen molar-refractivity contribution in [1.82, 2.24) is 0 Å². The third-order valence-corrected chi connectivity index (χ3v) is 8.65. The van der Waals surface area contributed by atoms with E-state index in [4.69, 9.17) is 0 Å². The third-order valence-electron chi connectivity index (χ3n) is 8.65. The maximum absolute atomic E-state index is 3.89. The van der Waals surface area contributed by atoms with Gasteiger partial charge in [-0.1, -0.05) is 129 Å². The average Bonchev–Trinajstić information content (AvgIpc) is 3.15. The van der Waals surface area contributed by atoms with E-state index in [-0.39, 0.29) is 21.7 Å². The van der Waals surface area contributed by atoms with Gasteiger partial charge >= 0.3 is 0 Å². The van der Waals surface area contributed by atoms with Gasteiger partial charge in [0.1, 0.15) is 0 Å². The van der Waals surface area contributed by atoms with E-state index in [1.54, 1.807) is 0 Å². The summed E-state index contributed by atoms with van der Waals surface area (Å²) in [5, 5.41) is 2.59. The van der Waals surface area contributed by atoms with E-state index in [0.717, 1.165) is 0 Å². The maximum Gasteiger partial charge on any atom is 0.0176 e. The Morgan fingerprint density at radius 2 is 1.28 bits per heavy atom. The summed E-state index contributed by atoms with van der Waals surface area (Å²) in [6.45, 7) is 23.7. The zero-order chi connectivity index (χ0) is 26.3. The topological polar surface area (TPSA) is 0 Å². The molecule has 0 spiro atoms. The molecular formula is C36H41. The van der Waals surface area contributed by atoms with E-state index in [1.165, 1.54) is 55.3 Å². The Bertz CT molecular complexity index is 1440. The van der Waals surface area contributed by atoms with Crippen LogP contribution in [0.3, 0.4) is 0 Å². The van der Waals surface area contributed by atoms with Gasteiger partial charge < -0.3 is 0 Å². The van der Waals surface area contributed by atoms with Gasteiger partial charge in [0.2, 0.25) is 0 Å². The number of hydrogen-bond donors (Lipinski definition) is 0. The van der Waals surface area contributed by atoms with Crippen molar-refractivity contribution in [3.63, 3.8) is 0 Å². The highest BCUT2D eigenvalue weighted by molar-refractivity contribution is 6.09. The fourth-order valence-corrected chi connectivity index (χ4v) is 6.89. The van der Waals surface area contributed by atoms with Gasteiger partial charge in [-0.2, -0.15) is 0 Å². The molecule has 0 saturated carbocycles. The minimum absolute atomic E-state index is 0.0257. The predicted molar refractivity (Wildman–Crippen MR) is 157 cm³/mol. The van der Waals surface area contributed by atoms with Crippen LogP contribution >= 0.6 is 0 Å². The van der Waals surface area contributed by atoms with E-state index in [1.807, 2.05) is 0 Å². The summed E-state index contributed by atoms with van der Waals surface area (Å²) >= 11 is 0. The fraction of sp³-hybridized carbons (Fsp3) is 0.389. The Morgan fingerprint density at radius 3 is 1.92 bits per heavy atom. The molecule has 0 bridgehead atoms. The molecule has 0 N–H and O–H groups in total. The molecule has 2 aliphatic rings. The summed E-state index contributed by atoms with van der Waals surface area (Å²) in [5.41, 5.74) is 10.7. The molecule has 0 heteroatoms. The highest BCUT2D eigenvalue weighted by Gasteiger charge is 2.50. The quantitative estimate of drug-likeness (QED) is 0.330. The summed E-state index contributed by atoms with van der Waals surface area (Å²) in [7, 11) is 0. The van der Waals surface area contributed by atoms with E-state index in [0.29, 0.717) is 0 Å². The largest absolute Gasteiger partial charge is 0.0649 e. The molecule has 0 amide bonds. The van der Waals surface area contributed by atoms with Crippen LogP contribution in [0.15, 0.2) is 72.3 Å². The molecule has 0 aromatic heterocycles. The smallest absolute Gasteiger partial charge is 0.0176 e. The summed E-state index contributed by atoms with van der Waals surface area (Å²) in [5.74, 6) is 0. The molecular weight excluding hydrogens is 432 g/mol. The Balaban J connectivity index is 1.89. The first-order chi connectivity index (χ1) is 16.7. The standard InChI is InChI=1S/C36H41/c1-23-31(33(2,3)4)19-18-25-20-28-29(27-17-13-15-24-14-11-12-16-26(24)27)21-36(34(5,6)7,35(8,9)10)22-30(28)32(23)25/h11-19,21-22H,1-10H3. The van der Waals surface area contributed by atoms with Crippen LogP contribution in [0.1, 0.15) is 90.1 Å². The Hall–Kier alpha value is -2.86. The molecule has 0 nitrogen and oxygen atoms in total. The van der Waals surface area contributed by atoms with Crippen molar-refractivity contribution in [1.29, 1.82) is 0 Å². The number of allylic oxidation sites excluding steroid dienone is 5. The van der Waals surface area contributed by atoms with Gasteiger partial charge in [-0.3, -0.25) is 0 Å². The van der Waals surface area contributed by atoms with Crippen LogP contribution in [0.25, 0.3) is 21.9 Å². The van der Waals surface area contributed by atoms with Crippen LogP contribution in [0.2, 0.25) is 0 Å². The predicted octanol–water partition coefficient (Wildman–Crippen LogP) is 10.1. The lowest BCUT2D eigenvalue weighted by Crippen LogP contribution is -2.44. The van der Waals surface area contributed by atoms with Gasteiger partial charge in [-0.15, -0.1) is 0 Å². The number of hydrogen-bond acceptors (Lipinski definition) is 0. The molecule has 0 saturated heterocycles. The minimum atomic E-state index is -0.140. The van der Waals surface area contributed by atoms with Gasteiger partial charge in [0.15, 0.2) is 0 Å². The molecule has 5 rings (SSSR count). The Morgan fingerprint density at radius 1 is 0.667 bits per heavy atom. The first-order valence-electron chi connectivity index (χ1n) is 13.4. The van der Waals surface area contributed by atoms with Crippen molar-refractivity contribution in [2.75, 3.05) is 0 Å². The number of rotatable bonds is 1. The minimum Gasteiger partial charge on any atom is -0.0649 e. The normalized spacial score (nSPS) is 17.3. The van der Waals surface area contributed by atoms with Gasteiger partial charge in [-0.25, -0.2) is 0 Å². The molecule has 0 aliphatic heterocycles.